The van der Waals surface area contributed by atoms with Crippen LogP contribution in [0.2, 0.25) is 61.4 Å². The summed E-state index contributed by atoms with van der Waals surface area (Å²) in [5.41, 5.74) is 6.35. The van der Waals surface area contributed by atoms with Crippen molar-refractivity contribution in [3.05, 3.63) is 136 Å². The minimum absolute atomic E-state index is 0. The number of rotatable bonds is 19. The molecule has 0 radical (unpaired) electrons. The number of aliphatic hydroxyl groups is 2. The fourth-order valence-corrected chi connectivity index (χ4v) is 11.7. The number of ether oxygens (including phenoxy) is 2. The van der Waals surface area contributed by atoms with E-state index in [0.29, 0.717) is 30.4 Å². The smallest absolute Gasteiger partial charge is 0.247 e. The number of nitrogens with zero attached hydrogens (tertiary/aromatic N) is 11. The minimum Gasteiger partial charge on any atom is -0.395 e. The maximum absolute atomic E-state index is 10.3. The molecule has 0 atom stereocenters. The van der Waals surface area contributed by atoms with Crippen LogP contribution in [0.4, 0.5) is 29.0 Å². The lowest BCUT2D eigenvalue weighted by Crippen LogP contribution is -2.45. The molecular weight excluding hydrogens is 1130 g/mol. The van der Waals surface area contributed by atoms with Crippen molar-refractivity contribution in [2.45, 2.75) is 128 Å². The first-order valence-electron chi connectivity index (χ1n) is 26.5. The third kappa shape index (κ3) is 16.5. The molecule has 2 aliphatic rings. The number of hydrogen-bond donors (Lipinski definition) is 4. The van der Waals surface area contributed by atoms with Gasteiger partial charge >= 0.3 is 0 Å². The van der Waals surface area contributed by atoms with Gasteiger partial charge in [-0.2, -0.15) is 20.2 Å². The third-order valence-electron chi connectivity index (χ3n) is 14.3. The number of aliphatic hydroxyl groups excluding tert-OH is 2. The second-order valence-corrected chi connectivity index (χ2v) is 35.5. The molecule has 1 saturated heterocycles. The topological polar surface area (TPSA) is 182 Å². The summed E-state index contributed by atoms with van der Waals surface area (Å²) in [6.45, 7) is 18.4. The fourth-order valence-electron chi connectivity index (χ4n) is 9.53. The Balaban J connectivity index is 0.000000187. The molecule has 10 rings (SSSR count). The zero-order valence-electron chi connectivity index (χ0n) is 45.2. The molecule has 0 unspecified atom stereocenters. The highest BCUT2D eigenvalue weighted by molar-refractivity contribution is 9.10. The monoisotopic (exact) mass is 1200 g/mol. The number of fused-ring (bicyclic) bond motifs is 2. The zero-order chi connectivity index (χ0) is 54.6. The van der Waals surface area contributed by atoms with Crippen LogP contribution >= 0.6 is 39.1 Å². The van der Waals surface area contributed by atoms with Gasteiger partial charge in [0, 0.05) is 75.7 Å². The molecule has 0 spiro atoms. The highest BCUT2D eigenvalue weighted by atomic mass is 79.9. The van der Waals surface area contributed by atoms with E-state index in [1.165, 1.54) is 24.8 Å². The maximum atomic E-state index is 10.3. The predicted molar refractivity (Wildman–Crippen MR) is 325 cm³/mol. The average Bonchev–Trinajstić information content (AvgIpc) is 4.27. The summed E-state index contributed by atoms with van der Waals surface area (Å²) in [7, 11) is -2.16. The Morgan fingerprint density at radius 2 is 1.06 bits per heavy atom. The quantitative estimate of drug-likeness (QED) is 0.0444. The van der Waals surface area contributed by atoms with Crippen molar-refractivity contribution in [2.24, 2.45) is 0 Å². The van der Waals surface area contributed by atoms with E-state index in [9.17, 15) is 10.2 Å². The summed E-state index contributed by atoms with van der Waals surface area (Å²) in [5.74, 6) is 1.04. The first-order chi connectivity index (χ1) is 36.9. The van der Waals surface area contributed by atoms with E-state index < -0.39 is 16.1 Å². The van der Waals surface area contributed by atoms with Gasteiger partial charge in [-0.15, -0.1) is 10.2 Å². The van der Waals surface area contributed by atoms with E-state index in [2.05, 4.69) is 114 Å². The molecule has 1 aliphatic carbocycles. The molecule has 78 heavy (non-hydrogen) atoms. The average molecular weight is 1200 g/mol. The largest absolute Gasteiger partial charge is 0.395 e. The molecule has 7 heterocycles. The van der Waals surface area contributed by atoms with Gasteiger partial charge in [0.1, 0.15) is 13.5 Å². The number of pyridine rings is 2. The van der Waals surface area contributed by atoms with E-state index in [1.54, 1.807) is 30.8 Å². The van der Waals surface area contributed by atoms with Crippen LogP contribution in [0.25, 0.3) is 11.3 Å². The van der Waals surface area contributed by atoms with Gasteiger partial charge in [0.25, 0.3) is 0 Å². The molecule has 420 valence electrons. The molecule has 0 bridgehead atoms. The van der Waals surface area contributed by atoms with Gasteiger partial charge in [-0.3, -0.25) is 0 Å². The van der Waals surface area contributed by atoms with E-state index in [4.69, 9.17) is 37.7 Å². The van der Waals surface area contributed by atoms with Crippen LogP contribution in [0.15, 0.2) is 114 Å². The van der Waals surface area contributed by atoms with Crippen molar-refractivity contribution in [2.75, 3.05) is 55.1 Å². The Hall–Kier alpha value is -5.17. The van der Waals surface area contributed by atoms with Crippen molar-refractivity contribution in [1.29, 1.82) is 0 Å². The molecule has 17 nitrogen and oxygen atoms in total. The van der Waals surface area contributed by atoms with Crippen LogP contribution in [0.5, 0.6) is 0 Å². The SMILES string of the molecule is C.C[Si](C)(C)CCOCn1cc(Nc2nc3c(Br)cccn3n2)cn1.C[Si](C)(C)CCOCn1cc(Nc2nc3c(N4CCC(CO)(c5ccc(Cl)cc5)CC4)cccn3n2)cn1.OCC1(c2ccc(Cl)cc2)CCCCC1. The Morgan fingerprint density at radius 3 is 1.53 bits per heavy atom. The predicted octanol–water partition coefficient (Wildman–Crippen LogP) is 13.1. The van der Waals surface area contributed by atoms with Crippen LogP contribution in [0.3, 0.4) is 0 Å². The molecule has 6 aromatic heterocycles. The van der Waals surface area contributed by atoms with Gasteiger partial charge in [0.05, 0.1) is 59.5 Å². The number of aromatic nitrogens is 10. The van der Waals surface area contributed by atoms with Crippen LogP contribution in [0.1, 0.15) is 63.5 Å². The van der Waals surface area contributed by atoms with Crippen molar-refractivity contribution in [3.8, 4) is 0 Å². The van der Waals surface area contributed by atoms with Gasteiger partial charge in [-0.05, 0) is 113 Å². The van der Waals surface area contributed by atoms with Crippen molar-refractivity contribution in [1.82, 2.24) is 48.8 Å². The number of nitrogens with one attached hydrogen (secondary N) is 2. The molecule has 22 heteroatoms. The van der Waals surface area contributed by atoms with E-state index in [-0.39, 0.29) is 31.5 Å². The Morgan fingerprint density at radius 1 is 0.615 bits per heavy atom. The number of halogens is 3. The fraction of sp³-hybridized carbons (Fsp3) is 0.464. The van der Waals surface area contributed by atoms with Crippen LogP contribution in [-0.4, -0.2) is 115 Å². The number of hydrogen-bond acceptors (Lipinski definition) is 13. The molecule has 8 aromatic rings. The Bertz CT molecular complexity index is 3110. The van der Waals surface area contributed by atoms with Crippen LogP contribution in [-0.2, 0) is 33.8 Å². The summed E-state index contributed by atoms with van der Waals surface area (Å²) >= 11 is 15.4. The molecule has 2 fully saturated rings. The van der Waals surface area contributed by atoms with E-state index >= 15 is 0 Å². The Kier molecular flexibility index (Phi) is 21.2. The molecule has 1 aliphatic heterocycles. The maximum Gasteiger partial charge on any atom is 0.247 e. The standard InChI is InChI=1S/C27H36ClN7O2Si.C15H21BrN6OSi.C13H17ClO.CH4/c1-38(2,3)16-15-37-20-34-18-23(17-29-34)30-26-31-25-24(5-4-12-35(25)32-26)33-13-10-27(19-36,11-14-33)21-6-8-22(28)9-7-21;1-24(2,3)8-7-23-11-21-10-12(9-17-21)18-15-19-14-13(16)5-4-6-22(14)20-15;14-12-6-4-11(5-7-12)13(10-15)8-2-1-3-9-13;/h4-9,12,17-18,36H,10-11,13-16,19-20H2,1-3H3,(H,30,32);4-6,9-10H,7-8,11H2,1-3H3,(H,18,20);4-7,15H,1-3,8-10H2;1H4. The second kappa shape index (κ2) is 27.3. The lowest BCUT2D eigenvalue weighted by molar-refractivity contribution is 0.0785. The van der Waals surface area contributed by atoms with Gasteiger partial charge in [-0.1, -0.05) is 113 Å². The highest BCUT2D eigenvalue weighted by Gasteiger charge is 2.37. The summed E-state index contributed by atoms with van der Waals surface area (Å²) < 4.78 is 19.4. The van der Waals surface area contributed by atoms with Crippen LogP contribution in [0, 0.1) is 0 Å². The molecule has 4 N–H and O–H groups in total. The number of benzene rings is 2. The zero-order valence-corrected chi connectivity index (χ0v) is 50.3. The summed E-state index contributed by atoms with van der Waals surface area (Å²) in [5, 5.41) is 45.5. The molecule has 1 saturated carbocycles. The van der Waals surface area contributed by atoms with Crippen molar-refractivity contribution < 1.29 is 19.7 Å². The first kappa shape index (κ1) is 60.5. The normalized spacial score (nSPS) is 15.2. The molecule has 2 aromatic carbocycles. The summed E-state index contributed by atoms with van der Waals surface area (Å²) in [6.07, 6.45) is 18.7. The van der Waals surface area contributed by atoms with Gasteiger partial charge < -0.3 is 35.2 Å². The van der Waals surface area contributed by atoms with Gasteiger partial charge in [0.2, 0.25) is 11.9 Å². The van der Waals surface area contributed by atoms with E-state index in [1.807, 2.05) is 79.4 Å². The summed E-state index contributed by atoms with van der Waals surface area (Å²) in [4.78, 5) is 11.6. The molecule has 0 amide bonds. The van der Waals surface area contributed by atoms with E-state index in [0.717, 1.165) is 107 Å². The minimum atomic E-state index is -1.11. The lowest BCUT2D eigenvalue weighted by Gasteiger charge is -2.42. The summed E-state index contributed by atoms with van der Waals surface area (Å²) in [6, 6.07) is 26.0. The second-order valence-electron chi connectivity index (χ2n) is 22.6. The van der Waals surface area contributed by atoms with Gasteiger partial charge in [-0.25, -0.2) is 18.4 Å². The molecular formula is C56H78BrCl2N13O4Si2. The third-order valence-corrected chi connectivity index (χ3v) is 18.8. The number of anilines is 5. The first-order valence-corrected chi connectivity index (χ1v) is 35.5. The van der Waals surface area contributed by atoms with Crippen molar-refractivity contribution in [3.63, 3.8) is 0 Å². The number of piperidine rings is 1. The highest BCUT2D eigenvalue weighted by Crippen LogP contribution is 2.40. The van der Waals surface area contributed by atoms with Gasteiger partial charge in [0.15, 0.2) is 11.3 Å². The van der Waals surface area contributed by atoms with Crippen molar-refractivity contribution >= 4 is 95.5 Å². The Labute approximate surface area is 479 Å². The van der Waals surface area contributed by atoms with Crippen LogP contribution < -0.4 is 15.5 Å². The lowest BCUT2D eigenvalue weighted by atomic mass is 9.70.